The second-order valence-corrected chi connectivity index (χ2v) is 8.51. The van der Waals surface area contributed by atoms with Gasteiger partial charge in [0, 0.05) is 24.9 Å². The zero-order valence-electron chi connectivity index (χ0n) is 15.5. The summed E-state index contributed by atoms with van der Waals surface area (Å²) in [5, 5.41) is 19.1. The van der Waals surface area contributed by atoms with E-state index in [4.69, 9.17) is 0 Å². The van der Waals surface area contributed by atoms with Crippen LogP contribution in [0.1, 0.15) is 28.1 Å². The maximum atomic E-state index is 12.1. The van der Waals surface area contributed by atoms with Gasteiger partial charge in [0.2, 0.25) is 5.91 Å². The lowest BCUT2D eigenvalue weighted by Gasteiger charge is -2.08. The summed E-state index contributed by atoms with van der Waals surface area (Å²) < 4.78 is 1.96. The number of nitrogens with zero attached hydrogens (tertiary/aromatic N) is 4. The largest absolute Gasteiger partial charge is 0.351 e. The minimum absolute atomic E-state index is 0.0822. The highest BCUT2D eigenvalue weighted by atomic mass is 32.2. The third-order valence-electron chi connectivity index (χ3n) is 3.69. The summed E-state index contributed by atoms with van der Waals surface area (Å²) >= 11 is 4.15. The van der Waals surface area contributed by atoms with Gasteiger partial charge >= 0.3 is 0 Å². The minimum atomic E-state index is -0.130. The summed E-state index contributed by atoms with van der Waals surface area (Å²) in [6, 6.07) is 3.64. The average molecular weight is 437 g/mol. The summed E-state index contributed by atoms with van der Waals surface area (Å²) in [7, 11) is 0. The number of aryl methyl sites for hydroxylation is 1. The average Bonchev–Trinajstić information content (AvgIpc) is 3.41. The summed E-state index contributed by atoms with van der Waals surface area (Å²) in [6.45, 7) is 5.05. The quantitative estimate of drug-likeness (QED) is 0.500. The van der Waals surface area contributed by atoms with Crippen LogP contribution in [0, 0.1) is 6.92 Å². The molecule has 2 N–H and O–H groups in total. The maximum Gasteiger partial charge on any atom is 0.261 e. The van der Waals surface area contributed by atoms with Crippen LogP contribution in [-0.2, 0) is 17.8 Å². The number of thiophene rings is 1. The van der Waals surface area contributed by atoms with Gasteiger partial charge in [0.05, 0.1) is 16.3 Å². The number of thiazole rings is 1. The molecule has 0 aromatic carbocycles. The smallest absolute Gasteiger partial charge is 0.261 e. The molecule has 0 aliphatic heterocycles. The van der Waals surface area contributed by atoms with Crippen molar-refractivity contribution < 1.29 is 9.59 Å². The molecule has 0 saturated heterocycles. The molecule has 0 aliphatic rings. The zero-order chi connectivity index (χ0) is 19.9. The third-order valence-corrected chi connectivity index (χ3v) is 6.40. The Kier molecular flexibility index (Phi) is 7.18. The summed E-state index contributed by atoms with van der Waals surface area (Å²) in [6.07, 6.45) is 0.573. The summed E-state index contributed by atoms with van der Waals surface area (Å²) in [5.74, 6) is 0.801. The first-order valence-electron chi connectivity index (χ1n) is 8.65. The molecule has 3 heterocycles. The molecule has 148 valence electrons. The van der Waals surface area contributed by atoms with E-state index in [-0.39, 0.29) is 17.6 Å². The predicted octanol–water partition coefficient (Wildman–Crippen LogP) is 2.83. The molecule has 28 heavy (non-hydrogen) atoms. The number of thioether (sulfide) groups is 1. The van der Waals surface area contributed by atoms with Gasteiger partial charge in [0.25, 0.3) is 5.91 Å². The second-order valence-electron chi connectivity index (χ2n) is 5.76. The molecule has 8 nitrogen and oxygen atoms in total. The predicted molar refractivity (Wildman–Crippen MR) is 112 cm³/mol. The molecule has 0 saturated carbocycles. The van der Waals surface area contributed by atoms with Crippen LogP contribution in [0.2, 0.25) is 0 Å². The number of carbonyl (C=O) groups is 2. The van der Waals surface area contributed by atoms with E-state index in [1.807, 2.05) is 35.2 Å². The number of rotatable bonds is 9. The van der Waals surface area contributed by atoms with E-state index in [0.717, 1.165) is 11.5 Å². The highest BCUT2D eigenvalue weighted by molar-refractivity contribution is 7.99. The first-order chi connectivity index (χ1) is 13.6. The molecular formula is C17H20N6O2S3. The Morgan fingerprint density at radius 3 is 2.82 bits per heavy atom. The molecule has 0 bridgehead atoms. The van der Waals surface area contributed by atoms with Gasteiger partial charge in [-0.05, 0) is 25.3 Å². The Labute approximate surface area is 174 Å². The normalized spacial score (nSPS) is 10.8. The Hall–Kier alpha value is -2.24. The van der Waals surface area contributed by atoms with Crippen LogP contribution in [0.5, 0.6) is 0 Å². The molecule has 0 fully saturated rings. The minimum Gasteiger partial charge on any atom is -0.351 e. The van der Waals surface area contributed by atoms with Gasteiger partial charge in [0.15, 0.2) is 10.3 Å². The number of hydrogen-bond acceptors (Lipinski definition) is 8. The lowest BCUT2D eigenvalue weighted by atomic mass is 10.3. The zero-order valence-corrected chi connectivity index (χ0v) is 17.9. The van der Waals surface area contributed by atoms with Crippen LogP contribution >= 0.6 is 34.4 Å². The van der Waals surface area contributed by atoms with Crippen molar-refractivity contribution in [2.24, 2.45) is 0 Å². The van der Waals surface area contributed by atoms with E-state index >= 15 is 0 Å². The van der Waals surface area contributed by atoms with Crippen molar-refractivity contribution >= 4 is 51.4 Å². The number of aromatic nitrogens is 4. The number of nitrogens with one attached hydrogen (secondary N) is 2. The van der Waals surface area contributed by atoms with Crippen molar-refractivity contribution in [1.82, 2.24) is 25.1 Å². The van der Waals surface area contributed by atoms with E-state index in [0.29, 0.717) is 34.7 Å². The molecule has 3 aromatic rings. The Morgan fingerprint density at radius 2 is 2.14 bits per heavy atom. The fourth-order valence-electron chi connectivity index (χ4n) is 2.41. The van der Waals surface area contributed by atoms with E-state index < -0.39 is 0 Å². The van der Waals surface area contributed by atoms with Crippen molar-refractivity contribution in [3.63, 3.8) is 0 Å². The molecule has 0 atom stereocenters. The standard InChI is InChI=1S/C17H20N6O2S3/c1-3-23-13(6-7-18-15(25)12-5-4-8-26-12)21-22-17(23)28-10-14(24)20-16-19-11(2)9-27-16/h4-5,8-9H,3,6-7,10H2,1-2H3,(H,18,25)(H,19,20,24). The first kappa shape index (κ1) is 20.5. The van der Waals surface area contributed by atoms with Crippen LogP contribution < -0.4 is 10.6 Å². The van der Waals surface area contributed by atoms with Crippen LogP contribution in [-0.4, -0.2) is 43.9 Å². The summed E-state index contributed by atoms with van der Waals surface area (Å²) in [5.41, 5.74) is 0.884. The fraction of sp³-hybridized carbons (Fsp3) is 0.353. The monoisotopic (exact) mass is 436 g/mol. The Bertz CT molecular complexity index is 935. The Morgan fingerprint density at radius 1 is 1.29 bits per heavy atom. The molecule has 2 amide bonds. The molecule has 0 radical (unpaired) electrons. The van der Waals surface area contributed by atoms with Crippen LogP contribution in [0.25, 0.3) is 0 Å². The SMILES string of the molecule is CCn1c(CCNC(=O)c2cccs2)nnc1SCC(=O)Nc1nc(C)cs1. The molecule has 3 rings (SSSR count). The fourth-order valence-corrected chi connectivity index (χ4v) is 4.57. The highest BCUT2D eigenvalue weighted by Gasteiger charge is 2.14. The van der Waals surface area contributed by atoms with Crippen LogP contribution in [0.3, 0.4) is 0 Å². The van der Waals surface area contributed by atoms with Crippen molar-refractivity contribution in [1.29, 1.82) is 0 Å². The van der Waals surface area contributed by atoms with Gasteiger partial charge in [-0.2, -0.15) is 0 Å². The molecule has 0 spiro atoms. The molecule has 11 heteroatoms. The number of carbonyl (C=O) groups excluding carboxylic acids is 2. The van der Waals surface area contributed by atoms with E-state index in [1.165, 1.54) is 34.4 Å². The molecule has 0 unspecified atom stereocenters. The van der Waals surface area contributed by atoms with E-state index in [1.54, 1.807) is 6.07 Å². The number of hydrogen-bond donors (Lipinski definition) is 2. The van der Waals surface area contributed by atoms with Gasteiger partial charge in [-0.1, -0.05) is 17.8 Å². The summed E-state index contributed by atoms with van der Waals surface area (Å²) in [4.78, 5) is 29.0. The maximum absolute atomic E-state index is 12.1. The van der Waals surface area contributed by atoms with E-state index in [9.17, 15) is 9.59 Å². The molecule has 3 aromatic heterocycles. The number of anilines is 1. The van der Waals surface area contributed by atoms with Crippen molar-refractivity contribution in [3.8, 4) is 0 Å². The highest BCUT2D eigenvalue weighted by Crippen LogP contribution is 2.19. The first-order valence-corrected chi connectivity index (χ1v) is 11.4. The lowest BCUT2D eigenvalue weighted by molar-refractivity contribution is -0.113. The van der Waals surface area contributed by atoms with Crippen molar-refractivity contribution in [2.75, 3.05) is 17.6 Å². The van der Waals surface area contributed by atoms with Gasteiger partial charge in [-0.3, -0.25) is 9.59 Å². The topological polar surface area (TPSA) is 102 Å². The van der Waals surface area contributed by atoms with Gasteiger partial charge in [-0.25, -0.2) is 4.98 Å². The number of amides is 2. The lowest BCUT2D eigenvalue weighted by Crippen LogP contribution is -2.25. The Balaban J connectivity index is 1.50. The van der Waals surface area contributed by atoms with Gasteiger partial charge in [-0.15, -0.1) is 32.9 Å². The van der Waals surface area contributed by atoms with Crippen molar-refractivity contribution in [3.05, 3.63) is 39.3 Å². The van der Waals surface area contributed by atoms with Crippen LogP contribution in [0.15, 0.2) is 28.0 Å². The van der Waals surface area contributed by atoms with E-state index in [2.05, 4.69) is 25.8 Å². The van der Waals surface area contributed by atoms with Gasteiger partial charge in [0.1, 0.15) is 5.82 Å². The molecular weight excluding hydrogens is 416 g/mol. The van der Waals surface area contributed by atoms with Gasteiger partial charge < -0.3 is 15.2 Å². The van der Waals surface area contributed by atoms with Crippen LogP contribution in [0.4, 0.5) is 5.13 Å². The molecule has 0 aliphatic carbocycles. The second kappa shape index (κ2) is 9.80. The third kappa shape index (κ3) is 5.40. The van der Waals surface area contributed by atoms with Crippen molar-refractivity contribution in [2.45, 2.75) is 32.0 Å².